The van der Waals surface area contributed by atoms with E-state index in [1.165, 1.54) is 0 Å². The van der Waals surface area contributed by atoms with E-state index >= 15 is 0 Å². The van der Waals surface area contributed by atoms with Gasteiger partial charge in [-0.15, -0.1) is 5.10 Å². The van der Waals surface area contributed by atoms with E-state index in [1.807, 2.05) is 61.7 Å². The second-order valence-electron chi connectivity index (χ2n) is 7.54. The highest BCUT2D eigenvalue weighted by molar-refractivity contribution is 5.83. The topological polar surface area (TPSA) is 103 Å². The second-order valence-corrected chi connectivity index (χ2v) is 7.54. The molecule has 5 aromatic rings. The number of benzene rings is 1. The van der Waals surface area contributed by atoms with Crippen LogP contribution in [0.3, 0.4) is 0 Å². The Morgan fingerprint density at radius 2 is 1.81 bits per heavy atom. The van der Waals surface area contributed by atoms with Crippen LogP contribution in [-0.2, 0) is 0 Å². The summed E-state index contributed by atoms with van der Waals surface area (Å²) in [5, 5.41) is 16.0. The first kappa shape index (κ1) is 19.6. The lowest BCUT2D eigenvalue weighted by Crippen LogP contribution is -2.09. The zero-order valence-electron chi connectivity index (χ0n) is 17.8. The van der Waals surface area contributed by atoms with Gasteiger partial charge in [-0.2, -0.15) is 10.2 Å². The third kappa shape index (κ3) is 3.49. The molecule has 0 aliphatic rings. The Morgan fingerprint density at radius 3 is 2.53 bits per heavy atom. The van der Waals surface area contributed by atoms with Gasteiger partial charge in [0, 0.05) is 11.4 Å². The molecular weight excluding hydrogens is 404 g/mol. The number of carbonyl (C=O) groups excluding carboxylic acids is 1. The molecule has 5 rings (SSSR count). The summed E-state index contributed by atoms with van der Waals surface area (Å²) >= 11 is 0. The molecule has 0 fully saturated rings. The summed E-state index contributed by atoms with van der Waals surface area (Å²) in [4.78, 5) is 20.9. The highest BCUT2D eigenvalue weighted by atomic mass is 16.1. The minimum absolute atomic E-state index is 0.463. The fourth-order valence-corrected chi connectivity index (χ4v) is 3.57. The Bertz CT molecular complexity index is 1450. The molecule has 32 heavy (non-hydrogen) atoms. The molecule has 0 aliphatic carbocycles. The molecule has 4 heterocycles. The van der Waals surface area contributed by atoms with E-state index in [0.717, 1.165) is 40.1 Å². The molecule has 0 spiro atoms. The first-order chi connectivity index (χ1) is 15.5. The van der Waals surface area contributed by atoms with Crippen molar-refractivity contribution in [3.63, 3.8) is 0 Å². The van der Waals surface area contributed by atoms with Crippen molar-refractivity contribution in [2.45, 2.75) is 20.8 Å². The highest BCUT2D eigenvalue weighted by Gasteiger charge is 2.14. The van der Waals surface area contributed by atoms with Gasteiger partial charge in [0.25, 0.3) is 0 Å². The van der Waals surface area contributed by atoms with Gasteiger partial charge in [-0.05, 0) is 69.3 Å². The zero-order valence-corrected chi connectivity index (χ0v) is 17.8. The lowest BCUT2D eigenvalue weighted by molar-refractivity contribution is 0.112. The number of nitrogens with zero attached hydrogens (tertiary/aromatic N) is 7. The number of anilines is 2. The molecule has 0 amide bonds. The number of rotatable bonds is 5. The average molecular weight is 424 g/mol. The van der Waals surface area contributed by atoms with E-state index < -0.39 is 0 Å². The molecule has 4 aromatic heterocycles. The molecule has 1 aromatic carbocycles. The first-order valence-electron chi connectivity index (χ1n) is 10.1. The number of fused-ring (bicyclic) bond motifs is 1. The molecule has 1 N–H and O–H groups in total. The van der Waals surface area contributed by atoms with E-state index in [9.17, 15) is 4.79 Å². The summed E-state index contributed by atoms with van der Waals surface area (Å²) < 4.78 is 3.57. The first-order valence-corrected chi connectivity index (χ1v) is 10.1. The Hall–Kier alpha value is -4.40. The maximum absolute atomic E-state index is 11.6. The monoisotopic (exact) mass is 424 g/mol. The number of carbonyl (C=O) groups is 1. The van der Waals surface area contributed by atoms with Gasteiger partial charge >= 0.3 is 0 Å². The highest BCUT2D eigenvalue weighted by Crippen LogP contribution is 2.24. The predicted molar refractivity (Wildman–Crippen MR) is 121 cm³/mol. The fraction of sp³-hybridized carbons (Fsp3) is 0.130. The fourth-order valence-electron chi connectivity index (χ4n) is 3.57. The van der Waals surface area contributed by atoms with E-state index in [4.69, 9.17) is 4.98 Å². The van der Waals surface area contributed by atoms with Crippen molar-refractivity contribution in [1.29, 1.82) is 0 Å². The Labute approximate surface area is 183 Å². The average Bonchev–Trinajstić information content (AvgIpc) is 3.37. The normalized spacial score (nSPS) is 11.1. The van der Waals surface area contributed by atoms with Crippen molar-refractivity contribution in [2.24, 2.45) is 0 Å². The van der Waals surface area contributed by atoms with E-state index in [2.05, 4.69) is 25.6 Å². The Morgan fingerprint density at radius 1 is 0.938 bits per heavy atom. The number of hydrogen-bond donors (Lipinski definition) is 1. The van der Waals surface area contributed by atoms with E-state index in [0.29, 0.717) is 23.0 Å². The maximum atomic E-state index is 11.6. The summed E-state index contributed by atoms with van der Waals surface area (Å²) in [5.74, 6) is 1.77. The molecule has 0 saturated carbocycles. The van der Waals surface area contributed by atoms with Crippen LogP contribution in [0.2, 0.25) is 0 Å². The largest absolute Gasteiger partial charge is 0.339 e. The SMILES string of the molecule is Cc1ccc(Nc2ccc3ncn(-c4ccc(C=O)c(-n5nc(C)cc5C)n4)c3c2)nn1. The van der Waals surface area contributed by atoms with Crippen LogP contribution >= 0.6 is 0 Å². The number of pyridine rings is 1. The molecule has 0 aliphatic heterocycles. The van der Waals surface area contributed by atoms with Crippen molar-refractivity contribution < 1.29 is 4.79 Å². The molecule has 0 bridgehead atoms. The lowest BCUT2D eigenvalue weighted by Gasteiger charge is -2.11. The van der Waals surface area contributed by atoms with Gasteiger partial charge < -0.3 is 5.32 Å². The smallest absolute Gasteiger partial charge is 0.166 e. The standard InChI is InChI=1S/C23H20N8O/c1-14-4-8-21(28-27-14)25-18-6-7-19-20(11-18)30(13-24-19)22-9-5-17(12-32)23(26-22)31-16(3)10-15(2)29-31/h4-13H,1-3H3,(H,25,28). The van der Waals surface area contributed by atoms with Crippen LogP contribution in [0.5, 0.6) is 0 Å². The molecule has 0 unspecified atom stereocenters. The van der Waals surface area contributed by atoms with Crippen LogP contribution in [0.15, 0.2) is 54.9 Å². The molecule has 0 radical (unpaired) electrons. The van der Waals surface area contributed by atoms with E-state index in [-0.39, 0.29) is 0 Å². The third-order valence-electron chi connectivity index (χ3n) is 5.09. The number of hydrogen-bond acceptors (Lipinski definition) is 7. The van der Waals surface area contributed by atoms with Crippen molar-refractivity contribution in [3.8, 4) is 11.6 Å². The predicted octanol–water partition coefficient (Wildman–Crippen LogP) is 3.88. The van der Waals surface area contributed by atoms with Crippen LogP contribution in [0.25, 0.3) is 22.7 Å². The summed E-state index contributed by atoms with van der Waals surface area (Å²) in [6, 6.07) is 15.1. The number of aromatic nitrogens is 7. The van der Waals surface area contributed by atoms with Crippen molar-refractivity contribution in [2.75, 3.05) is 5.32 Å². The van der Waals surface area contributed by atoms with Crippen LogP contribution in [-0.4, -0.2) is 40.8 Å². The third-order valence-corrected chi connectivity index (χ3v) is 5.09. The Kier molecular flexibility index (Phi) is 4.70. The van der Waals surface area contributed by atoms with Gasteiger partial charge in [-0.3, -0.25) is 9.36 Å². The second kappa shape index (κ2) is 7.69. The minimum Gasteiger partial charge on any atom is -0.339 e. The molecule has 0 atom stereocenters. The molecule has 9 heteroatoms. The van der Waals surface area contributed by atoms with Crippen LogP contribution < -0.4 is 5.32 Å². The number of aryl methyl sites for hydroxylation is 3. The summed E-state index contributed by atoms with van der Waals surface area (Å²) in [6.45, 7) is 5.73. The number of imidazole rings is 1. The van der Waals surface area contributed by atoms with Gasteiger partial charge in [0.15, 0.2) is 17.9 Å². The Balaban J connectivity index is 1.58. The van der Waals surface area contributed by atoms with E-state index in [1.54, 1.807) is 23.1 Å². The zero-order chi connectivity index (χ0) is 22.2. The summed E-state index contributed by atoms with van der Waals surface area (Å²) in [6.07, 6.45) is 2.51. The number of aldehydes is 1. The number of nitrogens with one attached hydrogen (secondary N) is 1. The molecular formula is C23H20N8O. The molecule has 158 valence electrons. The van der Waals surface area contributed by atoms with Crippen molar-refractivity contribution >= 4 is 28.8 Å². The van der Waals surface area contributed by atoms with Gasteiger partial charge in [0.2, 0.25) is 0 Å². The van der Waals surface area contributed by atoms with Gasteiger partial charge in [-0.1, -0.05) is 0 Å². The molecule has 0 saturated heterocycles. The lowest BCUT2D eigenvalue weighted by atomic mass is 10.2. The van der Waals surface area contributed by atoms with Gasteiger partial charge in [-0.25, -0.2) is 14.6 Å². The van der Waals surface area contributed by atoms with Crippen LogP contribution in [0.4, 0.5) is 11.5 Å². The van der Waals surface area contributed by atoms with Crippen LogP contribution in [0.1, 0.15) is 27.4 Å². The van der Waals surface area contributed by atoms with Crippen molar-refractivity contribution in [3.05, 3.63) is 77.5 Å². The quantitative estimate of drug-likeness (QED) is 0.427. The van der Waals surface area contributed by atoms with Crippen molar-refractivity contribution in [1.82, 2.24) is 34.5 Å². The van der Waals surface area contributed by atoms with Crippen LogP contribution in [0, 0.1) is 20.8 Å². The molecule has 9 nitrogen and oxygen atoms in total. The summed E-state index contributed by atoms with van der Waals surface area (Å²) in [7, 11) is 0. The van der Waals surface area contributed by atoms with Gasteiger partial charge in [0.1, 0.15) is 12.1 Å². The maximum Gasteiger partial charge on any atom is 0.166 e. The van der Waals surface area contributed by atoms with Gasteiger partial charge in [0.05, 0.1) is 28.0 Å². The summed E-state index contributed by atoms with van der Waals surface area (Å²) in [5.41, 5.74) is 5.60. The minimum atomic E-state index is 0.463.